The normalized spacial score (nSPS) is 26.8. The maximum Gasteiger partial charge on any atom is 0.172 e. The first-order chi connectivity index (χ1) is 6.79. The van der Waals surface area contributed by atoms with E-state index in [9.17, 15) is 4.79 Å². The third-order valence-electron chi connectivity index (χ3n) is 2.67. The second-order valence-electron chi connectivity index (χ2n) is 3.50. The van der Waals surface area contributed by atoms with Crippen LogP contribution in [0.4, 0.5) is 0 Å². The summed E-state index contributed by atoms with van der Waals surface area (Å²) < 4.78 is 5.18. The van der Waals surface area contributed by atoms with Crippen LogP contribution in [0.1, 0.15) is 5.56 Å². The largest absolute Gasteiger partial charge is 0.372 e. The van der Waals surface area contributed by atoms with E-state index in [0.29, 0.717) is 6.61 Å². The lowest BCUT2D eigenvalue weighted by Crippen LogP contribution is -2.36. The number of hydrogen-bond acceptors (Lipinski definition) is 2. The summed E-state index contributed by atoms with van der Waals surface area (Å²) in [7, 11) is 0. The summed E-state index contributed by atoms with van der Waals surface area (Å²) in [6.45, 7) is 0.584. The van der Waals surface area contributed by atoms with Gasteiger partial charge in [0.05, 0.1) is 12.0 Å². The first-order valence-corrected chi connectivity index (χ1v) is 5.05. The molecule has 0 aromatic heterocycles. The molecule has 2 rings (SSSR count). The minimum Gasteiger partial charge on any atom is -0.372 e. The molecule has 0 aliphatic carbocycles. The number of rotatable bonds is 2. The molecule has 1 atom stereocenters. The number of Topliss-reactive ketones (excluding diaryl/α,β-unsaturated/α-hetero) is 1. The highest BCUT2D eigenvalue weighted by Crippen LogP contribution is 2.31. The zero-order chi connectivity index (χ0) is 10.0. The Morgan fingerprint density at radius 2 is 2.07 bits per heavy atom. The zero-order valence-corrected chi connectivity index (χ0v) is 8.46. The highest BCUT2D eigenvalue weighted by Gasteiger charge is 2.43. The van der Waals surface area contributed by atoms with Crippen LogP contribution >= 0.6 is 11.6 Å². The van der Waals surface area contributed by atoms with E-state index < -0.39 is 5.41 Å². The van der Waals surface area contributed by atoms with Gasteiger partial charge in [0, 0.05) is 5.88 Å². The van der Waals surface area contributed by atoms with Gasteiger partial charge in [0.1, 0.15) is 6.61 Å². The lowest BCUT2D eigenvalue weighted by Gasteiger charge is -2.22. The summed E-state index contributed by atoms with van der Waals surface area (Å²) >= 11 is 5.89. The van der Waals surface area contributed by atoms with Crippen LogP contribution in [0.3, 0.4) is 0 Å². The third-order valence-corrected chi connectivity index (χ3v) is 3.13. The van der Waals surface area contributed by atoms with Crippen molar-refractivity contribution in [3.05, 3.63) is 35.9 Å². The Morgan fingerprint density at radius 1 is 1.36 bits per heavy atom. The number of hydrogen-bond donors (Lipinski definition) is 0. The Balaban J connectivity index is 2.43. The summed E-state index contributed by atoms with van der Waals surface area (Å²) in [6, 6.07) is 9.60. The van der Waals surface area contributed by atoms with E-state index in [4.69, 9.17) is 16.3 Å². The van der Waals surface area contributed by atoms with Gasteiger partial charge < -0.3 is 4.74 Å². The molecule has 1 heterocycles. The van der Waals surface area contributed by atoms with Gasteiger partial charge in [-0.05, 0) is 5.56 Å². The molecule has 0 spiro atoms. The first kappa shape index (κ1) is 9.69. The van der Waals surface area contributed by atoms with Gasteiger partial charge in [0.15, 0.2) is 5.78 Å². The standard InChI is InChI=1S/C11H11ClO2/c12-7-11(8-14-6-10(11)13)9-4-2-1-3-5-9/h1-5H,6-8H2/t11-/m1/s1. The molecule has 0 unspecified atom stereocenters. The molecule has 1 fully saturated rings. The molecule has 0 saturated carbocycles. The van der Waals surface area contributed by atoms with Crippen molar-refractivity contribution in [3.63, 3.8) is 0 Å². The predicted molar refractivity (Wildman–Crippen MR) is 54.7 cm³/mol. The highest BCUT2D eigenvalue weighted by molar-refractivity contribution is 6.21. The van der Waals surface area contributed by atoms with Gasteiger partial charge in [-0.2, -0.15) is 0 Å². The number of carbonyl (C=O) groups is 1. The van der Waals surface area contributed by atoms with Crippen molar-refractivity contribution in [1.82, 2.24) is 0 Å². The van der Waals surface area contributed by atoms with E-state index >= 15 is 0 Å². The zero-order valence-electron chi connectivity index (χ0n) is 7.70. The Hall–Kier alpha value is -0.860. The van der Waals surface area contributed by atoms with E-state index in [2.05, 4.69) is 0 Å². The molecule has 0 bridgehead atoms. The van der Waals surface area contributed by atoms with E-state index in [1.165, 1.54) is 0 Å². The fourth-order valence-corrected chi connectivity index (χ4v) is 2.11. The van der Waals surface area contributed by atoms with E-state index in [1.54, 1.807) is 0 Å². The minimum atomic E-state index is -0.608. The molecule has 14 heavy (non-hydrogen) atoms. The van der Waals surface area contributed by atoms with Gasteiger partial charge in [-0.25, -0.2) is 0 Å². The molecule has 0 N–H and O–H groups in total. The SMILES string of the molecule is O=C1COC[C@]1(CCl)c1ccccc1. The van der Waals surface area contributed by atoms with Gasteiger partial charge in [-0.1, -0.05) is 30.3 Å². The smallest absolute Gasteiger partial charge is 0.172 e. The van der Waals surface area contributed by atoms with Crippen LogP contribution in [0, 0.1) is 0 Å². The number of halogens is 1. The molecule has 0 amide bonds. The molecule has 0 radical (unpaired) electrons. The van der Waals surface area contributed by atoms with Crippen LogP contribution in [0.2, 0.25) is 0 Å². The molecule has 2 nitrogen and oxygen atoms in total. The number of ether oxygens (including phenoxy) is 1. The molecule has 3 heteroatoms. The van der Waals surface area contributed by atoms with Crippen molar-refractivity contribution in [2.75, 3.05) is 19.1 Å². The second kappa shape index (κ2) is 3.71. The molecule has 74 valence electrons. The number of alkyl halides is 1. The van der Waals surface area contributed by atoms with Crippen LogP contribution in [-0.4, -0.2) is 24.9 Å². The first-order valence-electron chi connectivity index (χ1n) is 4.52. The van der Waals surface area contributed by atoms with Crippen LogP contribution < -0.4 is 0 Å². The number of carbonyl (C=O) groups excluding carboxylic acids is 1. The van der Waals surface area contributed by atoms with Gasteiger partial charge in [-0.15, -0.1) is 11.6 Å². The second-order valence-corrected chi connectivity index (χ2v) is 3.76. The Morgan fingerprint density at radius 3 is 2.57 bits per heavy atom. The maximum atomic E-state index is 11.7. The quantitative estimate of drug-likeness (QED) is 0.696. The average Bonchev–Trinajstić information content (AvgIpc) is 2.62. The van der Waals surface area contributed by atoms with Gasteiger partial charge in [-0.3, -0.25) is 4.79 Å². The molecule has 1 saturated heterocycles. The number of ketones is 1. The van der Waals surface area contributed by atoms with Crippen LogP contribution in [-0.2, 0) is 14.9 Å². The van der Waals surface area contributed by atoms with Crippen molar-refractivity contribution in [1.29, 1.82) is 0 Å². The van der Waals surface area contributed by atoms with E-state index in [-0.39, 0.29) is 18.3 Å². The fraction of sp³-hybridized carbons (Fsp3) is 0.364. The lowest BCUT2D eigenvalue weighted by atomic mass is 9.81. The number of benzene rings is 1. The molecular formula is C11H11ClO2. The van der Waals surface area contributed by atoms with E-state index in [1.807, 2.05) is 30.3 Å². The summed E-state index contributed by atoms with van der Waals surface area (Å²) in [5.41, 5.74) is 0.348. The Bertz CT molecular complexity index is 336. The van der Waals surface area contributed by atoms with Gasteiger partial charge >= 0.3 is 0 Å². The summed E-state index contributed by atoms with van der Waals surface area (Å²) in [6.07, 6.45) is 0. The van der Waals surface area contributed by atoms with Gasteiger partial charge in [0.2, 0.25) is 0 Å². The predicted octanol–water partition coefficient (Wildman–Crippen LogP) is 1.76. The van der Waals surface area contributed by atoms with E-state index in [0.717, 1.165) is 5.56 Å². The highest BCUT2D eigenvalue weighted by atomic mass is 35.5. The third kappa shape index (κ3) is 1.35. The average molecular weight is 211 g/mol. The molecular weight excluding hydrogens is 200 g/mol. The van der Waals surface area contributed by atoms with Crippen LogP contribution in [0.25, 0.3) is 0 Å². The molecule has 1 aliphatic rings. The van der Waals surface area contributed by atoms with Crippen molar-refractivity contribution in [3.8, 4) is 0 Å². The molecule has 1 aliphatic heterocycles. The molecule has 1 aromatic carbocycles. The van der Waals surface area contributed by atoms with Crippen molar-refractivity contribution in [2.24, 2.45) is 0 Å². The summed E-state index contributed by atoms with van der Waals surface area (Å²) in [4.78, 5) is 11.7. The minimum absolute atomic E-state index is 0.0821. The fourth-order valence-electron chi connectivity index (χ4n) is 1.73. The van der Waals surface area contributed by atoms with Gasteiger partial charge in [0.25, 0.3) is 0 Å². The maximum absolute atomic E-state index is 11.7. The topological polar surface area (TPSA) is 26.3 Å². The monoisotopic (exact) mass is 210 g/mol. The van der Waals surface area contributed by atoms with Crippen LogP contribution in [0.15, 0.2) is 30.3 Å². The van der Waals surface area contributed by atoms with Crippen molar-refractivity contribution >= 4 is 17.4 Å². The Kier molecular flexibility index (Phi) is 2.57. The van der Waals surface area contributed by atoms with Crippen LogP contribution in [0.5, 0.6) is 0 Å². The summed E-state index contributed by atoms with van der Waals surface area (Å²) in [5.74, 6) is 0.370. The van der Waals surface area contributed by atoms with Crippen molar-refractivity contribution < 1.29 is 9.53 Å². The Labute approximate surface area is 87.8 Å². The van der Waals surface area contributed by atoms with Crippen molar-refractivity contribution in [2.45, 2.75) is 5.41 Å². The summed E-state index contributed by atoms with van der Waals surface area (Å²) in [5, 5.41) is 0. The molecule has 1 aromatic rings. The lowest BCUT2D eigenvalue weighted by molar-refractivity contribution is -0.121.